The minimum absolute atomic E-state index is 0.0291. The quantitative estimate of drug-likeness (QED) is 0.615. The summed E-state index contributed by atoms with van der Waals surface area (Å²) in [6.07, 6.45) is 9.02. The molecule has 2 rings (SSSR count). The summed E-state index contributed by atoms with van der Waals surface area (Å²) in [5, 5.41) is 5.61. The van der Waals surface area contributed by atoms with E-state index in [0.717, 1.165) is 12.8 Å². The molecule has 0 unspecified atom stereocenters. The zero-order valence-electron chi connectivity index (χ0n) is 16.8. The Morgan fingerprint density at radius 2 is 1.86 bits per heavy atom. The number of pyridine rings is 1. The predicted molar refractivity (Wildman–Crippen MR) is 107 cm³/mol. The van der Waals surface area contributed by atoms with Gasteiger partial charge in [-0.05, 0) is 32.6 Å². The number of aromatic nitrogens is 1. The van der Waals surface area contributed by atoms with Crippen molar-refractivity contribution >= 4 is 29.2 Å². The smallest absolute Gasteiger partial charge is 0.341 e. The summed E-state index contributed by atoms with van der Waals surface area (Å²) in [5.74, 6) is -0.557. The van der Waals surface area contributed by atoms with Gasteiger partial charge >= 0.3 is 5.97 Å². The van der Waals surface area contributed by atoms with Crippen LogP contribution in [0.1, 0.15) is 69.2 Å². The highest BCUT2D eigenvalue weighted by Gasteiger charge is 2.26. The summed E-state index contributed by atoms with van der Waals surface area (Å²) in [5.41, 5.74) is 5.63. The molecular formula is C20H30N4O4. The van der Waals surface area contributed by atoms with Crippen molar-refractivity contribution in [2.75, 3.05) is 18.2 Å². The molecule has 1 saturated carbocycles. The molecule has 1 aliphatic rings. The fourth-order valence-corrected chi connectivity index (χ4v) is 3.56. The number of methoxy groups -OCH3 is 1. The van der Waals surface area contributed by atoms with Gasteiger partial charge in [0.25, 0.3) is 0 Å². The van der Waals surface area contributed by atoms with E-state index in [1.807, 2.05) is 0 Å². The Kier molecular flexibility index (Phi) is 7.37. The van der Waals surface area contributed by atoms with Crippen LogP contribution in [0, 0.1) is 5.92 Å². The van der Waals surface area contributed by atoms with Gasteiger partial charge in [-0.1, -0.05) is 19.3 Å². The van der Waals surface area contributed by atoms with Gasteiger partial charge in [-0.2, -0.15) is 0 Å². The summed E-state index contributed by atoms with van der Waals surface area (Å²) in [6.45, 7) is 3.61. The lowest BCUT2D eigenvalue weighted by atomic mass is 9.86. The van der Waals surface area contributed by atoms with Crippen LogP contribution < -0.4 is 16.4 Å². The minimum Gasteiger partial charge on any atom is -0.465 e. The number of nitrogens with zero attached hydrogens (tertiary/aromatic N) is 1. The minimum atomic E-state index is -0.710. The fraction of sp³-hybridized carbons (Fsp3) is 0.600. The van der Waals surface area contributed by atoms with Crippen molar-refractivity contribution in [3.63, 3.8) is 0 Å². The van der Waals surface area contributed by atoms with Crippen molar-refractivity contribution in [1.82, 2.24) is 10.3 Å². The molecule has 8 heteroatoms. The first-order chi connectivity index (χ1) is 13.2. The first-order valence-corrected chi connectivity index (χ1v) is 9.64. The second-order valence-electron chi connectivity index (χ2n) is 8.01. The van der Waals surface area contributed by atoms with Gasteiger partial charge in [-0.25, -0.2) is 4.79 Å². The molecule has 1 fully saturated rings. The molecule has 154 valence electrons. The Hall–Kier alpha value is -2.64. The molecule has 8 nitrogen and oxygen atoms in total. The third kappa shape index (κ3) is 6.21. The summed E-state index contributed by atoms with van der Waals surface area (Å²) in [4.78, 5) is 40.4. The Labute approximate surface area is 165 Å². The highest BCUT2D eigenvalue weighted by molar-refractivity contribution is 6.01. The zero-order valence-corrected chi connectivity index (χ0v) is 16.8. The zero-order chi connectivity index (χ0) is 20.7. The van der Waals surface area contributed by atoms with Crippen molar-refractivity contribution in [2.45, 2.75) is 64.3 Å². The van der Waals surface area contributed by atoms with E-state index in [2.05, 4.69) is 20.4 Å². The highest BCUT2D eigenvalue weighted by Crippen LogP contribution is 2.27. The van der Waals surface area contributed by atoms with Crippen molar-refractivity contribution < 1.29 is 19.1 Å². The molecule has 0 spiro atoms. The molecule has 1 aliphatic carbocycles. The molecule has 2 amide bonds. The third-order valence-corrected chi connectivity index (χ3v) is 4.95. The van der Waals surface area contributed by atoms with Crippen LogP contribution >= 0.6 is 0 Å². The molecular weight excluding hydrogens is 360 g/mol. The number of nitrogen functional groups attached to an aromatic ring is 1. The molecule has 0 radical (unpaired) electrons. The number of carbonyl (C=O) groups excluding carboxylic acids is 3. The maximum absolute atomic E-state index is 12.4. The SMILES string of the molecule is COC(=O)c1cncc(NC(=O)CC(C)(C)NC(=O)CC2CCCCC2)c1N. The molecule has 0 aliphatic heterocycles. The summed E-state index contributed by atoms with van der Waals surface area (Å²) >= 11 is 0. The summed E-state index contributed by atoms with van der Waals surface area (Å²) in [7, 11) is 1.24. The van der Waals surface area contributed by atoms with E-state index in [0.29, 0.717) is 12.3 Å². The van der Waals surface area contributed by atoms with Crippen molar-refractivity contribution in [3.05, 3.63) is 18.0 Å². The van der Waals surface area contributed by atoms with Gasteiger partial charge < -0.3 is 21.1 Å². The van der Waals surface area contributed by atoms with Gasteiger partial charge in [-0.3, -0.25) is 14.6 Å². The van der Waals surface area contributed by atoms with Crippen LogP contribution in [0.5, 0.6) is 0 Å². The van der Waals surface area contributed by atoms with Crippen molar-refractivity contribution in [2.24, 2.45) is 5.92 Å². The van der Waals surface area contributed by atoms with Crippen LogP contribution in [-0.2, 0) is 14.3 Å². The van der Waals surface area contributed by atoms with E-state index in [4.69, 9.17) is 5.73 Å². The first-order valence-electron chi connectivity index (χ1n) is 9.64. The topological polar surface area (TPSA) is 123 Å². The highest BCUT2D eigenvalue weighted by atomic mass is 16.5. The molecule has 0 saturated heterocycles. The monoisotopic (exact) mass is 390 g/mol. The van der Waals surface area contributed by atoms with Gasteiger partial charge in [0.05, 0.1) is 24.7 Å². The van der Waals surface area contributed by atoms with Crippen LogP contribution in [0.4, 0.5) is 11.4 Å². The second-order valence-corrected chi connectivity index (χ2v) is 8.01. The van der Waals surface area contributed by atoms with E-state index in [-0.39, 0.29) is 35.2 Å². The molecule has 4 N–H and O–H groups in total. The molecule has 1 aromatic heterocycles. The maximum atomic E-state index is 12.4. The number of hydrogen-bond donors (Lipinski definition) is 3. The van der Waals surface area contributed by atoms with Crippen LogP contribution in [0.2, 0.25) is 0 Å². The first kappa shape index (κ1) is 21.7. The van der Waals surface area contributed by atoms with Crippen molar-refractivity contribution in [3.8, 4) is 0 Å². The molecule has 0 bridgehead atoms. The second kappa shape index (κ2) is 9.52. The molecule has 0 atom stereocenters. The number of rotatable bonds is 7. The van der Waals surface area contributed by atoms with Crippen LogP contribution in [-0.4, -0.2) is 35.4 Å². The van der Waals surface area contributed by atoms with Gasteiger partial charge in [0.1, 0.15) is 5.56 Å². The molecule has 1 heterocycles. The summed E-state index contributed by atoms with van der Waals surface area (Å²) in [6, 6.07) is 0. The number of ether oxygens (including phenoxy) is 1. The Balaban J connectivity index is 1.92. The van der Waals surface area contributed by atoms with E-state index in [1.165, 1.54) is 38.8 Å². The normalized spacial score (nSPS) is 15.0. The predicted octanol–water partition coefficient (Wildman–Crippen LogP) is 2.64. The number of nitrogens with one attached hydrogen (secondary N) is 2. The van der Waals surface area contributed by atoms with Crippen LogP contribution in [0.15, 0.2) is 12.4 Å². The van der Waals surface area contributed by atoms with Crippen LogP contribution in [0.25, 0.3) is 0 Å². The number of carbonyl (C=O) groups is 3. The molecule has 28 heavy (non-hydrogen) atoms. The Bertz CT molecular complexity index is 727. The molecule has 0 aromatic carbocycles. The molecule has 1 aromatic rings. The number of nitrogens with two attached hydrogens (primary N) is 1. The summed E-state index contributed by atoms with van der Waals surface area (Å²) < 4.78 is 4.64. The lowest BCUT2D eigenvalue weighted by Crippen LogP contribution is -2.46. The maximum Gasteiger partial charge on any atom is 0.341 e. The number of anilines is 2. The Morgan fingerprint density at radius 3 is 2.50 bits per heavy atom. The average Bonchev–Trinajstić information content (AvgIpc) is 2.62. The van der Waals surface area contributed by atoms with Gasteiger partial charge in [0.15, 0.2) is 0 Å². The average molecular weight is 390 g/mol. The Morgan fingerprint density at radius 1 is 1.18 bits per heavy atom. The fourth-order valence-electron chi connectivity index (χ4n) is 3.56. The van der Waals surface area contributed by atoms with E-state index >= 15 is 0 Å². The van der Waals surface area contributed by atoms with E-state index in [1.54, 1.807) is 13.8 Å². The van der Waals surface area contributed by atoms with E-state index in [9.17, 15) is 14.4 Å². The van der Waals surface area contributed by atoms with Gasteiger partial charge in [0, 0.05) is 24.6 Å². The number of esters is 1. The largest absolute Gasteiger partial charge is 0.465 e. The number of amides is 2. The lowest BCUT2D eigenvalue weighted by Gasteiger charge is -2.28. The van der Waals surface area contributed by atoms with Crippen LogP contribution in [0.3, 0.4) is 0 Å². The number of hydrogen-bond acceptors (Lipinski definition) is 6. The van der Waals surface area contributed by atoms with Gasteiger partial charge in [-0.15, -0.1) is 0 Å². The van der Waals surface area contributed by atoms with E-state index < -0.39 is 11.5 Å². The lowest BCUT2D eigenvalue weighted by molar-refractivity contribution is -0.124. The van der Waals surface area contributed by atoms with Crippen molar-refractivity contribution in [1.29, 1.82) is 0 Å². The standard InChI is InChI=1S/C20H30N4O4/c1-20(2,24-16(25)9-13-7-5-4-6-8-13)10-17(26)23-15-12-22-11-14(18(15)21)19(27)28-3/h11-13H,4-10H2,1-3H3,(H2,21,22)(H,23,26)(H,24,25). The van der Waals surface area contributed by atoms with Gasteiger partial charge in [0.2, 0.25) is 11.8 Å². The third-order valence-electron chi connectivity index (χ3n) is 4.95.